The number of halogens is 2. The number of nitrogens with one attached hydrogen (secondary N) is 1. The zero-order valence-corrected chi connectivity index (χ0v) is 9.05. The smallest absolute Gasteiger partial charge is 0.387 e. The molecular weight excluding hydrogens is 242 g/mol. The number of fused-ring (bicyclic) bond motifs is 1. The number of rotatable bonds is 3. The molecule has 7 heteroatoms. The van der Waals surface area contributed by atoms with E-state index in [1.165, 1.54) is 12.1 Å². The Morgan fingerprint density at radius 2 is 2.22 bits per heavy atom. The van der Waals surface area contributed by atoms with Crippen LogP contribution in [0.15, 0.2) is 36.8 Å². The lowest BCUT2D eigenvalue weighted by molar-refractivity contribution is -0.0498. The second-order valence-electron chi connectivity index (χ2n) is 3.59. The topological polar surface area (TPSA) is 55.7 Å². The Kier molecular flexibility index (Phi) is 2.44. The predicted octanol–water partition coefficient (Wildman–Crippen LogP) is 2.35. The van der Waals surface area contributed by atoms with Crippen LogP contribution in [0.25, 0.3) is 16.9 Å². The number of aromatic nitrogens is 4. The summed E-state index contributed by atoms with van der Waals surface area (Å²) < 4.78 is 30.1. The highest BCUT2D eigenvalue weighted by Gasteiger charge is 2.07. The zero-order chi connectivity index (χ0) is 12.5. The quantitative estimate of drug-likeness (QED) is 0.776. The largest absolute Gasteiger partial charge is 0.435 e. The standard InChI is InChI=1S/C11H8F2N4O/c12-11(13)18-8-3-1-2-7(4-8)17-5-9-10(16-17)15-6-14-9/h1-6,11H,(H,14,15,16). The van der Waals surface area contributed by atoms with Gasteiger partial charge in [-0.2, -0.15) is 8.78 Å². The van der Waals surface area contributed by atoms with Crippen molar-refractivity contribution >= 4 is 11.2 Å². The average Bonchev–Trinajstić information content (AvgIpc) is 2.88. The molecule has 18 heavy (non-hydrogen) atoms. The van der Waals surface area contributed by atoms with Crippen LogP contribution < -0.4 is 4.74 Å². The summed E-state index contributed by atoms with van der Waals surface area (Å²) in [5.41, 5.74) is 1.96. The number of benzene rings is 1. The van der Waals surface area contributed by atoms with Crippen LogP contribution in [0.5, 0.6) is 5.75 Å². The van der Waals surface area contributed by atoms with Crippen molar-refractivity contribution in [2.45, 2.75) is 6.61 Å². The van der Waals surface area contributed by atoms with Gasteiger partial charge in [0.1, 0.15) is 11.3 Å². The van der Waals surface area contributed by atoms with E-state index < -0.39 is 6.61 Å². The van der Waals surface area contributed by atoms with Crippen LogP contribution in [0.1, 0.15) is 0 Å². The van der Waals surface area contributed by atoms with E-state index in [0.29, 0.717) is 11.3 Å². The summed E-state index contributed by atoms with van der Waals surface area (Å²) in [6.45, 7) is -2.84. The van der Waals surface area contributed by atoms with Gasteiger partial charge in [0.15, 0.2) is 5.65 Å². The van der Waals surface area contributed by atoms with E-state index in [1.807, 2.05) is 0 Å². The highest BCUT2D eigenvalue weighted by molar-refractivity contribution is 5.69. The van der Waals surface area contributed by atoms with Crippen molar-refractivity contribution in [3.05, 3.63) is 36.8 Å². The number of aromatic amines is 1. The van der Waals surface area contributed by atoms with Gasteiger partial charge in [0.25, 0.3) is 0 Å². The highest BCUT2D eigenvalue weighted by atomic mass is 19.3. The molecule has 2 aromatic heterocycles. The normalized spacial score (nSPS) is 11.3. The molecule has 0 aliphatic carbocycles. The van der Waals surface area contributed by atoms with E-state index in [1.54, 1.807) is 29.3 Å². The van der Waals surface area contributed by atoms with Crippen molar-refractivity contribution < 1.29 is 13.5 Å². The van der Waals surface area contributed by atoms with Crippen molar-refractivity contribution in [2.75, 3.05) is 0 Å². The summed E-state index contributed by atoms with van der Waals surface area (Å²) in [5.74, 6) is 0.0922. The second-order valence-corrected chi connectivity index (χ2v) is 3.59. The van der Waals surface area contributed by atoms with Gasteiger partial charge in [0.05, 0.1) is 18.2 Å². The number of hydrogen-bond donors (Lipinski definition) is 1. The first-order valence-corrected chi connectivity index (χ1v) is 5.16. The lowest BCUT2D eigenvalue weighted by Crippen LogP contribution is -2.03. The van der Waals surface area contributed by atoms with Crippen LogP contribution in [0.4, 0.5) is 8.78 Å². The third-order valence-corrected chi connectivity index (χ3v) is 2.41. The van der Waals surface area contributed by atoms with Crippen LogP contribution in [0.3, 0.4) is 0 Å². The Morgan fingerprint density at radius 3 is 3.00 bits per heavy atom. The summed E-state index contributed by atoms with van der Waals surface area (Å²) in [5, 5.41) is 4.19. The van der Waals surface area contributed by atoms with Crippen molar-refractivity contribution in [3.63, 3.8) is 0 Å². The molecular formula is C11H8F2N4O. The molecule has 0 radical (unpaired) electrons. The Bertz CT molecular complexity index is 648. The molecule has 3 rings (SSSR count). The molecule has 0 aliphatic heterocycles. The molecule has 0 spiro atoms. The number of imidazole rings is 1. The van der Waals surface area contributed by atoms with E-state index >= 15 is 0 Å². The summed E-state index contributed by atoms with van der Waals surface area (Å²) in [6, 6.07) is 6.31. The second kappa shape index (κ2) is 4.10. The molecule has 0 fully saturated rings. The van der Waals surface area contributed by atoms with Gasteiger partial charge >= 0.3 is 6.61 Å². The first kappa shape index (κ1) is 10.7. The maximum atomic E-state index is 12.1. The molecule has 3 aromatic rings. The van der Waals surface area contributed by atoms with Gasteiger partial charge in [0, 0.05) is 6.07 Å². The molecule has 1 N–H and O–H groups in total. The van der Waals surface area contributed by atoms with Crippen LogP contribution in [-0.4, -0.2) is 26.4 Å². The van der Waals surface area contributed by atoms with Gasteiger partial charge in [-0.1, -0.05) is 6.07 Å². The highest BCUT2D eigenvalue weighted by Crippen LogP contribution is 2.19. The van der Waals surface area contributed by atoms with E-state index in [0.717, 1.165) is 5.52 Å². The van der Waals surface area contributed by atoms with Gasteiger partial charge in [-0.15, -0.1) is 5.10 Å². The van der Waals surface area contributed by atoms with Crippen molar-refractivity contribution in [2.24, 2.45) is 0 Å². The fourth-order valence-electron chi connectivity index (χ4n) is 1.66. The van der Waals surface area contributed by atoms with Gasteiger partial charge in [-0.3, -0.25) is 0 Å². The summed E-state index contributed by atoms with van der Waals surface area (Å²) in [7, 11) is 0. The van der Waals surface area contributed by atoms with Crippen molar-refractivity contribution in [3.8, 4) is 11.4 Å². The van der Waals surface area contributed by atoms with Crippen LogP contribution >= 0.6 is 0 Å². The van der Waals surface area contributed by atoms with Gasteiger partial charge in [-0.05, 0) is 12.1 Å². The Labute approximate surface area is 100 Å². The number of H-pyrrole nitrogens is 1. The Hall–Kier alpha value is -2.44. The minimum absolute atomic E-state index is 0.0922. The molecule has 0 unspecified atom stereocenters. The molecule has 0 saturated heterocycles. The summed E-state index contributed by atoms with van der Waals surface area (Å²) in [6.07, 6.45) is 3.27. The Balaban J connectivity index is 1.98. The molecule has 1 aromatic carbocycles. The van der Waals surface area contributed by atoms with E-state index in [4.69, 9.17) is 0 Å². The fraction of sp³-hybridized carbons (Fsp3) is 0.0909. The predicted molar refractivity (Wildman–Crippen MR) is 59.8 cm³/mol. The minimum atomic E-state index is -2.84. The molecule has 0 atom stereocenters. The SMILES string of the molecule is FC(F)Oc1cccc(-n2cc3[nH]cnc3n2)c1. The molecule has 0 bridgehead atoms. The monoisotopic (exact) mass is 250 g/mol. The number of alkyl halides is 2. The third-order valence-electron chi connectivity index (χ3n) is 2.41. The first-order valence-electron chi connectivity index (χ1n) is 5.16. The van der Waals surface area contributed by atoms with Crippen LogP contribution in [0.2, 0.25) is 0 Å². The molecule has 92 valence electrons. The number of nitrogens with zero attached hydrogens (tertiary/aromatic N) is 3. The van der Waals surface area contributed by atoms with Crippen LogP contribution in [-0.2, 0) is 0 Å². The first-order chi connectivity index (χ1) is 8.72. The van der Waals surface area contributed by atoms with Crippen LogP contribution in [0, 0.1) is 0 Å². The van der Waals surface area contributed by atoms with Gasteiger partial charge < -0.3 is 9.72 Å². The molecule has 2 heterocycles. The fourth-order valence-corrected chi connectivity index (χ4v) is 1.66. The van der Waals surface area contributed by atoms with E-state index in [2.05, 4.69) is 19.8 Å². The number of hydrogen-bond acceptors (Lipinski definition) is 3. The third kappa shape index (κ3) is 1.90. The molecule has 0 saturated carbocycles. The van der Waals surface area contributed by atoms with Crippen molar-refractivity contribution in [1.82, 2.24) is 19.7 Å². The maximum absolute atomic E-state index is 12.1. The van der Waals surface area contributed by atoms with Gasteiger partial charge in [0.2, 0.25) is 0 Å². The number of ether oxygens (including phenoxy) is 1. The lowest BCUT2D eigenvalue weighted by Gasteiger charge is -2.06. The van der Waals surface area contributed by atoms with E-state index in [9.17, 15) is 8.78 Å². The van der Waals surface area contributed by atoms with Crippen molar-refractivity contribution in [1.29, 1.82) is 0 Å². The lowest BCUT2D eigenvalue weighted by atomic mass is 10.3. The zero-order valence-electron chi connectivity index (χ0n) is 9.05. The van der Waals surface area contributed by atoms with Gasteiger partial charge in [-0.25, -0.2) is 9.67 Å². The molecule has 0 amide bonds. The maximum Gasteiger partial charge on any atom is 0.387 e. The summed E-state index contributed by atoms with van der Waals surface area (Å²) in [4.78, 5) is 6.91. The minimum Gasteiger partial charge on any atom is -0.435 e. The Morgan fingerprint density at radius 1 is 1.33 bits per heavy atom. The molecule has 5 nitrogen and oxygen atoms in total. The molecule has 0 aliphatic rings. The van der Waals surface area contributed by atoms with E-state index in [-0.39, 0.29) is 5.75 Å². The average molecular weight is 250 g/mol. The summed E-state index contributed by atoms with van der Waals surface area (Å²) >= 11 is 0.